The fraction of sp³-hybridized carbons (Fsp3) is 0.891. The lowest BCUT2D eigenvalue weighted by molar-refractivity contribution is -0.0942. The molecule has 0 aliphatic carbocycles. The molecular formula is C55H108NO5P. The van der Waals surface area contributed by atoms with Gasteiger partial charge in [-0.15, -0.1) is 0 Å². The highest BCUT2D eigenvalue weighted by Crippen LogP contribution is 2.41. The maximum Gasteiger partial charge on any atom is 0.327 e. The molecule has 0 saturated carbocycles. The van der Waals surface area contributed by atoms with Gasteiger partial charge in [-0.05, 0) is 109 Å². The van der Waals surface area contributed by atoms with Crippen LogP contribution in [0.2, 0.25) is 0 Å². The topological polar surface area (TPSA) is 91.0 Å². The van der Waals surface area contributed by atoms with Crippen LogP contribution in [0.15, 0.2) is 36.5 Å². The first-order valence-electron chi connectivity index (χ1n) is 27.3. The summed E-state index contributed by atoms with van der Waals surface area (Å²) >= 11 is 0. The first kappa shape index (κ1) is 61.2. The van der Waals surface area contributed by atoms with Crippen LogP contribution in [0.4, 0.5) is 0 Å². The molecular weight excluding hydrogens is 786 g/mol. The molecule has 0 radical (unpaired) electrons. The van der Waals surface area contributed by atoms with Crippen LogP contribution in [-0.4, -0.2) is 49.6 Å². The predicted molar refractivity (Wildman–Crippen MR) is 274 cm³/mol. The summed E-state index contributed by atoms with van der Waals surface area (Å²) < 4.78 is 31.3. The highest BCUT2D eigenvalue weighted by atomic mass is 31.2. The number of rotatable bonds is 52. The Labute approximate surface area is 387 Å². The van der Waals surface area contributed by atoms with Gasteiger partial charge in [-0.1, -0.05) is 205 Å². The van der Waals surface area contributed by atoms with Crippen molar-refractivity contribution in [2.45, 2.75) is 283 Å². The first-order valence-corrected chi connectivity index (χ1v) is 29.1. The summed E-state index contributed by atoms with van der Waals surface area (Å²) in [7, 11) is -3.62. The zero-order chi connectivity index (χ0) is 45.1. The van der Waals surface area contributed by atoms with E-state index in [2.05, 4.69) is 50.3 Å². The molecule has 2 unspecified atom stereocenters. The van der Waals surface area contributed by atoms with Crippen LogP contribution in [-0.2, 0) is 18.6 Å². The zero-order valence-corrected chi connectivity index (χ0v) is 42.7. The number of unbranched alkanes of at least 4 members (excludes halogenated alkanes) is 32. The van der Waals surface area contributed by atoms with Gasteiger partial charge >= 0.3 is 7.60 Å². The smallest absolute Gasteiger partial charge is 0.327 e. The largest absolute Gasteiger partial charge is 0.375 e. The molecule has 0 spiro atoms. The molecule has 0 aromatic heterocycles. The molecule has 0 heterocycles. The van der Waals surface area contributed by atoms with Crippen LogP contribution in [0, 0.1) is 0 Å². The first-order chi connectivity index (χ1) is 30.5. The molecule has 3 atom stereocenters. The fourth-order valence-electron chi connectivity index (χ4n) is 8.05. The molecule has 0 aromatic rings. The Bertz CT molecular complexity index is 1000. The minimum atomic E-state index is -3.62. The molecule has 62 heavy (non-hydrogen) atoms. The van der Waals surface area contributed by atoms with Crippen molar-refractivity contribution in [3.63, 3.8) is 0 Å². The molecule has 0 aliphatic heterocycles. The third-order valence-electron chi connectivity index (χ3n) is 12.3. The maximum absolute atomic E-state index is 12.6. The Hall–Kier alpha value is -0.750. The number of hydrogen-bond donors (Lipinski definition) is 2. The van der Waals surface area contributed by atoms with Gasteiger partial charge < -0.3 is 24.6 Å². The van der Waals surface area contributed by atoms with Crippen LogP contribution in [0.25, 0.3) is 0 Å². The Kier molecular flexibility index (Phi) is 50.6. The van der Waals surface area contributed by atoms with Gasteiger partial charge in [0.15, 0.2) is 0 Å². The van der Waals surface area contributed by atoms with Crippen LogP contribution >= 0.6 is 7.60 Å². The molecule has 0 rings (SSSR count). The highest BCUT2D eigenvalue weighted by Gasteiger charge is 2.27. The summed E-state index contributed by atoms with van der Waals surface area (Å²) in [5, 5.41) is 0. The van der Waals surface area contributed by atoms with Crippen molar-refractivity contribution in [2.75, 3.05) is 32.5 Å². The normalized spacial score (nSPS) is 14.2. The minimum absolute atomic E-state index is 0.112. The molecule has 0 amide bonds. The average Bonchev–Trinajstić information content (AvgIpc) is 3.27. The van der Waals surface area contributed by atoms with E-state index in [1.165, 1.54) is 218 Å². The standard InChI is InChI=1S/C55H108NO5P/c1-4-7-9-11-13-15-17-19-27-31-35-39-43-47-51-59-54(49-45-41-37-33-29-25-23-21-22-24-26-30-34-38-42-46-50-56)55(53-61-62(57,58)6-3)60-52-48-44-40-36-32-28-20-18-16-14-12-10-8-5-2/h15-18,21-22,54-55H,4-14,19-20,23-53,56H2,1-3H3,(H,57,58)/b17-15-,18-16-,22-21-/t54?,55-/m0/s1. The van der Waals surface area contributed by atoms with Crippen molar-refractivity contribution >= 4 is 7.60 Å². The van der Waals surface area contributed by atoms with E-state index in [9.17, 15) is 9.46 Å². The van der Waals surface area contributed by atoms with E-state index in [4.69, 9.17) is 19.7 Å². The number of nitrogens with two attached hydrogens (primary N) is 1. The summed E-state index contributed by atoms with van der Waals surface area (Å²) in [4.78, 5) is 10.3. The van der Waals surface area contributed by atoms with Crippen molar-refractivity contribution in [3.05, 3.63) is 36.5 Å². The average molecular weight is 894 g/mol. The number of hydrogen-bond acceptors (Lipinski definition) is 5. The monoisotopic (exact) mass is 894 g/mol. The van der Waals surface area contributed by atoms with Crippen LogP contribution in [0.3, 0.4) is 0 Å². The second-order valence-electron chi connectivity index (χ2n) is 18.4. The van der Waals surface area contributed by atoms with E-state index in [1.807, 2.05) is 0 Å². The summed E-state index contributed by atoms with van der Waals surface area (Å²) in [5.41, 5.74) is 5.59. The molecule has 0 saturated heterocycles. The second kappa shape index (κ2) is 51.2. The highest BCUT2D eigenvalue weighted by molar-refractivity contribution is 7.52. The van der Waals surface area contributed by atoms with E-state index < -0.39 is 7.60 Å². The van der Waals surface area contributed by atoms with E-state index in [0.717, 1.165) is 38.6 Å². The Morgan fingerprint density at radius 2 is 0.726 bits per heavy atom. The third-order valence-corrected chi connectivity index (χ3v) is 13.7. The fourth-order valence-corrected chi connectivity index (χ4v) is 8.61. The van der Waals surface area contributed by atoms with E-state index in [1.54, 1.807) is 6.92 Å². The Morgan fingerprint density at radius 1 is 0.419 bits per heavy atom. The van der Waals surface area contributed by atoms with Gasteiger partial charge in [0.1, 0.15) is 6.10 Å². The molecule has 0 bridgehead atoms. The molecule has 7 heteroatoms. The lowest BCUT2D eigenvalue weighted by atomic mass is 10.0. The number of ether oxygens (including phenoxy) is 2. The Balaban J connectivity index is 4.76. The quantitative estimate of drug-likeness (QED) is 0.0359. The molecule has 0 aliphatic rings. The van der Waals surface area contributed by atoms with Gasteiger partial charge in [-0.25, -0.2) is 0 Å². The molecule has 0 aromatic carbocycles. The Morgan fingerprint density at radius 3 is 1.08 bits per heavy atom. The summed E-state index contributed by atoms with van der Waals surface area (Å²) in [6, 6.07) is 0. The van der Waals surface area contributed by atoms with Crippen LogP contribution < -0.4 is 5.73 Å². The van der Waals surface area contributed by atoms with Gasteiger partial charge in [0.05, 0.1) is 12.7 Å². The van der Waals surface area contributed by atoms with E-state index in [-0.39, 0.29) is 25.0 Å². The lowest BCUT2D eigenvalue weighted by Gasteiger charge is -2.28. The second-order valence-corrected chi connectivity index (χ2v) is 20.6. The summed E-state index contributed by atoms with van der Waals surface area (Å²) in [6.45, 7) is 8.57. The van der Waals surface area contributed by atoms with Crippen molar-refractivity contribution < 1.29 is 23.5 Å². The minimum Gasteiger partial charge on any atom is -0.375 e. The van der Waals surface area contributed by atoms with Gasteiger partial charge in [-0.3, -0.25) is 4.57 Å². The van der Waals surface area contributed by atoms with Gasteiger partial charge in [0, 0.05) is 19.4 Å². The van der Waals surface area contributed by atoms with E-state index in [0.29, 0.717) is 13.2 Å². The molecule has 0 fully saturated rings. The zero-order valence-electron chi connectivity index (χ0n) is 41.8. The lowest BCUT2D eigenvalue weighted by Crippen LogP contribution is -2.36. The number of allylic oxidation sites excluding steroid dienone is 6. The summed E-state index contributed by atoms with van der Waals surface area (Å²) in [6.07, 6.45) is 62.8. The molecule has 3 N–H and O–H groups in total. The molecule has 368 valence electrons. The SMILES string of the molecule is CCCCCC/C=C\CCCCCCCCOC(CCCCCCCC/C=C\CCCCCCCCN)[C@H](COP(=O)(O)CC)OCCCCCCCC/C=C\CCCCCC. The van der Waals surface area contributed by atoms with E-state index >= 15 is 0 Å². The van der Waals surface area contributed by atoms with Gasteiger partial charge in [0.2, 0.25) is 0 Å². The van der Waals surface area contributed by atoms with Gasteiger partial charge in [-0.2, -0.15) is 0 Å². The van der Waals surface area contributed by atoms with Crippen molar-refractivity contribution in [1.29, 1.82) is 0 Å². The third kappa shape index (κ3) is 47.2. The van der Waals surface area contributed by atoms with Crippen molar-refractivity contribution in [3.8, 4) is 0 Å². The van der Waals surface area contributed by atoms with Crippen LogP contribution in [0.5, 0.6) is 0 Å². The van der Waals surface area contributed by atoms with Crippen molar-refractivity contribution in [2.24, 2.45) is 5.73 Å². The molecule has 6 nitrogen and oxygen atoms in total. The maximum atomic E-state index is 12.6. The van der Waals surface area contributed by atoms with Crippen LogP contribution in [0.1, 0.15) is 271 Å². The van der Waals surface area contributed by atoms with Gasteiger partial charge in [0.25, 0.3) is 0 Å². The summed E-state index contributed by atoms with van der Waals surface area (Å²) in [5.74, 6) is 0. The van der Waals surface area contributed by atoms with Crippen molar-refractivity contribution in [1.82, 2.24) is 0 Å². The predicted octanol–water partition coefficient (Wildman–Crippen LogP) is 17.9.